The van der Waals surface area contributed by atoms with E-state index in [1.807, 2.05) is 32.0 Å². The number of hydrogen-bond acceptors (Lipinski definition) is 7. The molecule has 1 aliphatic rings. The van der Waals surface area contributed by atoms with E-state index in [9.17, 15) is 5.11 Å². The summed E-state index contributed by atoms with van der Waals surface area (Å²) in [5, 5.41) is 13.8. The third kappa shape index (κ3) is 8.10. The van der Waals surface area contributed by atoms with E-state index in [1.54, 1.807) is 14.2 Å². The van der Waals surface area contributed by atoms with E-state index < -0.39 is 6.10 Å². The minimum atomic E-state index is -0.523. The van der Waals surface area contributed by atoms with Gasteiger partial charge in [-0.1, -0.05) is 13.0 Å². The molecule has 0 amide bonds. The molecule has 7 heteroatoms. The van der Waals surface area contributed by atoms with Gasteiger partial charge in [0, 0.05) is 52.9 Å². The summed E-state index contributed by atoms with van der Waals surface area (Å²) in [5.74, 6) is 1.34. The van der Waals surface area contributed by atoms with Crippen LogP contribution >= 0.6 is 0 Å². The molecule has 0 spiro atoms. The second-order valence-electron chi connectivity index (χ2n) is 8.25. The van der Waals surface area contributed by atoms with Gasteiger partial charge < -0.3 is 29.5 Å². The molecule has 2 rings (SSSR count). The second kappa shape index (κ2) is 11.7. The number of piperazine rings is 1. The fourth-order valence-corrected chi connectivity index (χ4v) is 3.35. The summed E-state index contributed by atoms with van der Waals surface area (Å²) in [6.45, 7) is 13.9. The van der Waals surface area contributed by atoms with Gasteiger partial charge in [0.2, 0.25) is 0 Å². The maximum Gasteiger partial charge on any atom is 0.161 e. The molecule has 1 heterocycles. The molecule has 1 aromatic rings. The van der Waals surface area contributed by atoms with Crippen molar-refractivity contribution in [3.05, 3.63) is 23.8 Å². The van der Waals surface area contributed by atoms with Gasteiger partial charge in [0.1, 0.15) is 12.7 Å². The fraction of sp³-hybridized carbons (Fsp3) is 0.727. The van der Waals surface area contributed by atoms with Crippen LogP contribution in [0.2, 0.25) is 0 Å². The largest absolute Gasteiger partial charge is 0.493 e. The zero-order valence-electron chi connectivity index (χ0n) is 18.7. The first-order valence-electron chi connectivity index (χ1n) is 10.5. The van der Waals surface area contributed by atoms with Gasteiger partial charge in [0.05, 0.1) is 12.7 Å². The molecular weight excluding hydrogens is 370 g/mol. The number of benzene rings is 1. The number of nitrogens with one attached hydrogen (secondary N) is 1. The molecule has 2 N–H and O–H groups in total. The minimum Gasteiger partial charge on any atom is -0.493 e. The molecule has 1 aliphatic heterocycles. The average molecular weight is 410 g/mol. The van der Waals surface area contributed by atoms with Crippen LogP contribution in [0.4, 0.5) is 0 Å². The van der Waals surface area contributed by atoms with Crippen LogP contribution < -0.4 is 14.8 Å². The van der Waals surface area contributed by atoms with Crippen molar-refractivity contribution in [2.24, 2.45) is 0 Å². The number of ether oxygens (including phenoxy) is 3. The number of β-amino-alcohol motifs (C(OH)–C–C–N with tert-alkyl or cyclic N) is 1. The Hall–Kier alpha value is -1.38. The smallest absolute Gasteiger partial charge is 0.161 e. The second-order valence-corrected chi connectivity index (χ2v) is 8.25. The van der Waals surface area contributed by atoms with Crippen molar-refractivity contribution < 1.29 is 19.3 Å². The van der Waals surface area contributed by atoms with Crippen LogP contribution in [-0.2, 0) is 11.3 Å². The Morgan fingerprint density at radius 3 is 2.41 bits per heavy atom. The summed E-state index contributed by atoms with van der Waals surface area (Å²) in [5.41, 5.74) is 0.905. The first-order chi connectivity index (χ1) is 13.9. The van der Waals surface area contributed by atoms with Gasteiger partial charge in [-0.25, -0.2) is 0 Å². The summed E-state index contributed by atoms with van der Waals surface area (Å²) >= 11 is 0. The Balaban J connectivity index is 1.79. The molecule has 1 fully saturated rings. The Morgan fingerprint density at radius 1 is 1.10 bits per heavy atom. The number of likely N-dealkylation sites (N-methyl/N-ethyl adjacent to an activating group) is 1. The molecule has 7 nitrogen and oxygen atoms in total. The van der Waals surface area contributed by atoms with Crippen LogP contribution in [0.5, 0.6) is 11.5 Å². The maximum absolute atomic E-state index is 10.4. The lowest BCUT2D eigenvalue weighted by Crippen LogP contribution is -2.49. The number of nitrogens with zero attached hydrogens (tertiary/aromatic N) is 2. The third-order valence-electron chi connectivity index (χ3n) is 5.47. The van der Waals surface area contributed by atoms with Gasteiger partial charge in [0.15, 0.2) is 11.5 Å². The van der Waals surface area contributed by atoms with Crippen molar-refractivity contribution in [1.82, 2.24) is 15.1 Å². The van der Waals surface area contributed by atoms with Crippen LogP contribution in [0.3, 0.4) is 0 Å². The molecule has 1 atom stereocenters. The summed E-state index contributed by atoms with van der Waals surface area (Å²) in [7, 11) is 3.35. The van der Waals surface area contributed by atoms with Crippen LogP contribution in [-0.4, -0.2) is 93.3 Å². The Labute approximate surface area is 175 Å². The van der Waals surface area contributed by atoms with E-state index in [0.29, 0.717) is 18.0 Å². The van der Waals surface area contributed by atoms with Crippen LogP contribution in [0.15, 0.2) is 18.2 Å². The normalized spacial score (nSPS) is 17.3. The van der Waals surface area contributed by atoms with Gasteiger partial charge >= 0.3 is 0 Å². The molecular formula is C22H39N3O4. The highest BCUT2D eigenvalue weighted by Gasteiger charge is 2.19. The molecule has 1 saturated heterocycles. The van der Waals surface area contributed by atoms with Gasteiger partial charge in [-0.2, -0.15) is 0 Å². The fourth-order valence-electron chi connectivity index (χ4n) is 3.35. The standard InChI is InChI=1S/C22H39N3O4/c1-6-24-9-11-25(12-10-24)15-19(26)16-29-20-8-7-18(13-21(20)27-4)14-23-17-22(2,3)28-5/h7-8,13,19,23,26H,6,9-12,14-17H2,1-5H3. The monoisotopic (exact) mass is 409 g/mol. The van der Waals surface area contributed by atoms with Crippen molar-refractivity contribution in [2.45, 2.75) is 39.0 Å². The molecule has 1 aromatic carbocycles. The molecule has 166 valence electrons. The molecule has 0 saturated carbocycles. The lowest BCUT2D eigenvalue weighted by Gasteiger charge is -2.34. The maximum atomic E-state index is 10.4. The highest BCUT2D eigenvalue weighted by atomic mass is 16.5. The lowest BCUT2D eigenvalue weighted by atomic mass is 10.1. The van der Waals surface area contributed by atoms with Gasteiger partial charge in [-0.3, -0.25) is 4.90 Å². The minimum absolute atomic E-state index is 0.202. The van der Waals surface area contributed by atoms with Crippen molar-refractivity contribution >= 4 is 0 Å². The van der Waals surface area contributed by atoms with E-state index >= 15 is 0 Å². The quantitative estimate of drug-likeness (QED) is 0.543. The molecule has 0 bridgehead atoms. The zero-order chi connectivity index (χ0) is 21.3. The van der Waals surface area contributed by atoms with Crippen LogP contribution in [0, 0.1) is 0 Å². The van der Waals surface area contributed by atoms with E-state index in [-0.39, 0.29) is 12.2 Å². The molecule has 0 aliphatic carbocycles. The number of aliphatic hydroxyl groups excluding tert-OH is 1. The topological polar surface area (TPSA) is 66.4 Å². The summed E-state index contributed by atoms with van der Waals surface area (Å²) in [6.07, 6.45) is -0.523. The SMILES string of the molecule is CCN1CCN(CC(O)COc2ccc(CNCC(C)(C)OC)cc2OC)CC1. The summed E-state index contributed by atoms with van der Waals surface area (Å²) in [4.78, 5) is 4.73. The Kier molecular flexibility index (Phi) is 9.65. The predicted molar refractivity (Wildman–Crippen MR) is 116 cm³/mol. The van der Waals surface area contributed by atoms with Gasteiger partial charge in [-0.15, -0.1) is 0 Å². The molecule has 0 aromatic heterocycles. The lowest BCUT2D eigenvalue weighted by molar-refractivity contribution is 0.0230. The van der Waals surface area contributed by atoms with Crippen molar-refractivity contribution in [3.8, 4) is 11.5 Å². The van der Waals surface area contributed by atoms with Crippen molar-refractivity contribution in [3.63, 3.8) is 0 Å². The Bertz CT molecular complexity index is 604. The first-order valence-corrected chi connectivity index (χ1v) is 10.5. The van der Waals surface area contributed by atoms with E-state index in [0.717, 1.165) is 51.4 Å². The van der Waals surface area contributed by atoms with Crippen LogP contribution in [0.1, 0.15) is 26.3 Å². The predicted octanol–water partition coefficient (Wildman–Crippen LogP) is 1.59. The van der Waals surface area contributed by atoms with Crippen LogP contribution in [0.25, 0.3) is 0 Å². The zero-order valence-corrected chi connectivity index (χ0v) is 18.7. The number of rotatable bonds is 12. The molecule has 1 unspecified atom stereocenters. The average Bonchev–Trinajstić information content (AvgIpc) is 2.73. The van der Waals surface area contributed by atoms with Crippen molar-refractivity contribution in [2.75, 3.05) is 66.6 Å². The van der Waals surface area contributed by atoms with Gasteiger partial charge in [0.25, 0.3) is 0 Å². The van der Waals surface area contributed by atoms with Gasteiger partial charge in [-0.05, 0) is 38.1 Å². The first kappa shape index (κ1) is 23.9. The summed E-state index contributed by atoms with van der Waals surface area (Å²) < 4.78 is 16.8. The number of hydrogen-bond donors (Lipinski definition) is 2. The number of methoxy groups -OCH3 is 2. The van der Waals surface area contributed by atoms with Crippen molar-refractivity contribution in [1.29, 1.82) is 0 Å². The highest BCUT2D eigenvalue weighted by Crippen LogP contribution is 2.28. The van der Waals surface area contributed by atoms with E-state index in [4.69, 9.17) is 14.2 Å². The highest BCUT2D eigenvalue weighted by molar-refractivity contribution is 5.43. The molecule has 29 heavy (non-hydrogen) atoms. The summed E-state index contributed by atoms with van der Waals surface area (Å²) in [6, 6.07) is 5.89. The number of aliphatic hydroxyl groups is 1. The van der Waals surface area contributed by atoms with E-state index in [1.165, 1.54) is 0 Å². The Morgan fingerprint density at radius 2 is 1.79 bits per heavy atom. The molecule has 0 radical (unpaired) electrons. The third-order valence-corrected chi connectivity index (χ3v) is 5.47. The van der Waals surface area contributed by atoms with E-state index in [2.05, 4.69) is 22.0 Å².